The highest BCUT2D eigenvalue weighted by molar-refractivity contribution is 6.33. The van der Waals surface area contributed by atoms with Gasteiger partial charge in [-0.3, -0.25) is 0 Å². The summed E-state index contributed by atoms with van der Waals surface area (Å²) in [4.78, 5) is 0. The summed E-state index contributed by atoms with van der Waals surface area (Å²) in [5.74, 6) is 8.41. The molecule has 3 fully saturated rings. The van der Waals surface area contributed by atoms with Gasteiger partial charge in [-0.05, 0) is 115 Å². The first-order valence-electron chi connectivity index (χ1n) is 22.1. The topological polar surface area (TPSA) is 55.4 Å². The van der Waals surface area contributed by atoms with Crippen molar-refractivity contribution < 1.29 is 28.4 Å². The lowest BCUT2D eigenvalue weighted by Gasteiger charge is -2.36. The highest BCUT2D eigenvalue weighted by atomic mass is 35.5. The van der Waals surface area contributed by atoms with E-state index >= 15 is 0 Å². The van der Waals surface area contributed by atoms with Gasteiger partial charge in [0.2, 0.25) is 0 Å². The Hall–Kier alpha value is -2.67. The summed E-state index contributed by atoms with van der Waals surface area (Å²) in [6, 6.07) is 12.2. The van der Waals surface area contributed by atoms with E-state index in [2.05, 4.69) is 80.5 Å². The molecule has 3 aliphatic heterocycles. The quantitative estimate of drug-likeness (QED) is 0.214. The second-order valence-electron chi connectivity index (χ2n) is 21.0. The summed E-state index contributed by atoms with van der Waals surface area (Å²) in [5.41, 5.74) is 4.37. The second-order valence-corrected chi connectivity index (χ2v) is 22.2. The van der Waals surface area contributed by atoms with Gasteiger partial charge in [0, 0.05) is 22.6 Å². The highest BCUT2D eigenvalue weighted by Gasteiger charge is 2.38. The molecule has 0 amide bonds. The summed E-state index contributed by atoms with van der Waals surface area (Å²) in [6.07, 6.45) is 9.77. The lowest BCUT2D eigenvalue weighted by Crippen LogP contribution is -2.25. The number of rotatable bonds is 9. The third kappa shape index (κ3) is 11.1. The van der Waals surface area contributed by atoms with E-state index in [1.807, 2.05) is 18.2 Å². The normalized spacial score (nSPS) is 22.1. The predicted molar refractivity (Wildman–Crippen MR) is 241 cm³/mol. The molecule has 59 heavy (non-hydrogen) atoms. The van der Waals surface area contributed by atoms with Crippen molar-refractivity contribution in [3.05, 3.63) is 68.2 Å². The number of fused-ring (bicyclic) bond motifs is 3. The summed E-state index contributed by atoms with van der Waals surface area (Å²) in [7, 11) is 0. The Morgan fingerprint density at radius 1 is 0.441 bits per heavy atom. The Morgan fingerprint density at radius 2 is 0.746 bits per heavy atom. The van der Waals surface area contributed by atoms with Crippen molar-refractivity contribution in [2.45, 2.75) is 131 Å². The van der Waals surface area contributed by atoms with E-state index in [-0.39, 0.29) is 16.2 Å². The lowest BCUT2D eigenvalue weighted by molar-refractivity contribution is 0.191. The molecular formula is C50H67Cl3O6. The van der Waals surface area contributed by atoms with Gasteiger partial charge in [0.1, 0.15) is 0 Å². The van der Waals surface area contributed by atoms with Crippen molar-refractivity contribution in [3.8, 4) is 34.5 Å². The Balaban J connectivity index is 0.000000134. The maximum absolute atomic E-state index is 6.32. The van der Waals surface area contributed by atoms with E-state index in [0.717, 1.165) is 87.0 Å². The van der Waals surface area contributed by atoms with Gasteiger partial charge in [-0.2, -0.15) is 0 Å². The molecule has 3 aromatic carbocycles. The van der Waals surface area contributed by atoms with Crippen LogP contribution in [0.2, 0.25) is 15.1 Å². The fourth-order valence-electron chi connectivity index (χ4n) is 8.43. The molecule has 6 nitrogen and oxygen atoms in total. The van der Waals surface area contributed by atoms with Crippen LogP contribution >= 0.6 is 34.8 Å². The van der Waals surface area contributed by atoms with Crippen LogP contribution in [0, 0.1) is 34.0 Å². The minimum absolute atomic E-state index is 0.187. The van der Waals surface area contributed by atoms with Crippen LogP contribution < -0.4 is 28.4 Å². The average molecular weight is 870 g/mol. The van der Waals surface area contributed by atoms with Crippen LogP contribution in [0.4, 0.5) is 0 Å². The molecule has 9 heteroatoms. The van der Waals surface area contributed by atoms with Crippen LogP contribution in [0.1, 0.15) is 148 Å². The SMILES string of the molecule is CC(C)(C)[C@@H]1CCOc2c1ccc(Cl)c2OCC1CC1.CC(C)(C)[C@@H]1COc2c1ccc(Cl)c2OCC1CC1.CC(C)(C)[C@H]1CCOc2c1ccc(Cl)c2OCC1CC1. The maximum atomic E-state index is 6.32. The Morgan fingerprint density at radius 3 is 1.05 bits per heavy atom. The molecule has 6 aliphatic rings. The number of hydrogen-bond donors (Lipinski definition) is 0. The molecule has 0 spiro atoms. The predicted octanol–water partition coefficient (Wildman–Crippen LogP) is 14.7. The maximum Gasteiger partial charge on any atom is 0.180 e. The molecule has 324 valence electrons. The van der Waals surface area contributed by atoms with Crippen LogP contribution in [-0.4, -0.2) is 39.6 Å². The molecular weight excluding hydrogens is 803 g/mol. The average Bonchev–Trinajstić information content (AvgIpc) is 4.05. The van der Waals surface area contributed by atoms with Gasteiger partial charge in [-0.15, -0.1) is 0 Å². The first-order chi connectivity index (χ1) is 27.9. The number of halogens is 3. The van der Waals surface area contributed by atoms with Gasteiger partial charge in [0.05, 0.1) is 54.7 Å². The van der Waals surface area contributed by atoms with Crippen LogP contribution in [0.25, 0.3) is 0 Å². The van der Waals surface area contributed by atoms with Crippen molar-refractivity contribution in [2.75, 3.05) is 39.6 Å². The Kier molecular flexibility index (Phi) is 13.5. The molecule has 3 atom stereocenters. The standard InChI is InChI=1S/2C17H23ClO2.C16H21ClO2/c2*1-17(2,3)13-8-9-19-15-12(13)6-7-14(18)16(15)20-10-11-4-5-11;1-16(2,3)12-9-19-14-11(12)6-7-13(17)15(14)18-8-10-4-5-10/h2*6-7,11,13H,4-5,8-10H2,1-3H3;6-7,10,12H,4-5,8-9H2,1-3H3/t2*13-;12-/m101/s1. The number of benzene rings is 3. The van der Waals surface area contributed by atoms with E-state index in [9.17, 15) is 0 Å². The van der Waals surface area contributed by atoms with Gasteiger partial charge in [-0.25, -0.2) is 0 Å². The fraction of sp³-hybridized carbons (Fsp3) is 0.640. The summed E-state index contributed by atoms with van der Waals surface area (Å²) < 4.78 is 35.5. The molecule has 9 rings (SSSR count). The minimum atomic E-state index is 0.187. The van der Waals surface area contributed by atoms with Crippen molar-refractivity contribution in [3.63, 3.8) is 0 Å². The van der Waals surface area contributed by atoms with E-state index in [4.69, 9.17) is 63.2 Å². The zero-order valence-corrected chi connectivity index (χ0v) is 39.2. The van der Waals surface area contributed by atoms with Gasteiger partial charge >= 0.3 is 0 Å². The number of hydrogen-bond acceptors (Lipinski definition) is 6. The van der Waals surface area contributed by atoms with E-state index in [0.29, 0.717) is 50.6 Å². The fourth-order valence-corrected chi connectivity index (χ4v) is 9.04. The van der Waals surface area contributed by atoms with E-state index < -0.39 is 0 Å². The summed E-state index contributed by atoms with van der Waals surface area (Å²) in [5, 5.41) is 1.99. The second kappa shape index (κ2) is 18.0. The highest BCUT2D eigenvalue weighted by Crippen LogP contribution is 2.53. The van der Waals surface area contributed by atoms with Crippen molar-refractivity contribution in [2.24, 2.45) is 34.0 Å². The zero-order valence-electron chi connectivity index (χ0n) is 36.9. The molecule has 0 radical (unpaired) electrons. The van der Waals surface area contributed by atoms with Gasteiger partial charge in [0.15, 0.2) is 34.5 Å². The number of ether oxygens (including phenoxy) is 6. The molecule has 0 N–H and O–H groups in total. The van der Waals surface area contributed by atoms with Crippen molar-refractivity contribution in [1.82, 2.24) is 0 Å². The molecule has 3 saturated carbocycles. The van der Waals surface area contributed by atoms with Crippen LogP contribution in [0.15, 0.2) is 36.4 Å². The van der Waals surface area contributed by atoms with Gasteiger partial charge < -0.3 is 28.4 Å². The Labute approximate surface area is 369 Å². The third-order valence-corrected chi connectivity index (χ3v) is 13.6. The van der Waals surface area contributed by atoms with Crippen LogP contribution in [0.5, 0.6) is 34.5 Å². The first-order valence-corrected chi connectivity index (χ1v) is 23.3. The van der Waals surface area contributed by atoms with Crippen LogP contribution in [-0.2, 0) is 0 Å². The van der Waals surface area contributed by atoms with E-state index in [1.165, 1.54) is 55.2 Å². The van der Waals surface area contributed by atoms with Gasteiger partial charge in [0.25, 0.3) is 0 Å². The zero-order chi connectivity index (χ0) is 42.3. The monoisotopic (exact) mass is 868 g/mol. The first kappa shape index (κ1) is 44.4. The smallest absolute Gasteiger partial charge is 0.180 e. The largest absolute Gasteiger partial charge is 0.489 e. The van der Waals surface area contributed by atoms with Gasteiger partial charge in [-0.1, -0.05) is 115 Å². The molecule has 0 saturated heterocycles. The van der Waals surface area contributed by atoms with E-state index in [1.54, 1.807) is 0 Å². The lowest BCUT2D eigenvalue weighted by atomic mass is 9.73. The van der Waals surface area contributed by atoms with Crippen molar-refractivity contribution >= 4 is 34.8 Å². The van der Waals surface area contributed by atoms with Crippen molar-refractivity contribution in [1.29, 1.82) is 0 Å². The molecule has 3 aliphatic carbocycles. The molecule has 3 aromatic rings. The van der Waals surface area contributed by atoms with Crippen LogP contribution in [0.3, 0.4) is 0 Å². The minimum Gasteiger partial charge on any atom is -0.489 e. The Bertz CT molecular complexity index is 1840. The molecule has 0 unspecified atom stereocenters. The molecule has 3 heterocycles. The summed E-state index contributed by atoms with van der Waals surface area (Å²) in [6.45, 7) is 24.9. The third-order valence-electron chi connectivity index (χ3n) is 12.7. The molecule has 0 aromatic heterocycles. The summed E-state index contributed by atoms with van der Waals surface area (Å²) >= 11 is 18.9. The molecule has 0 bridgehead atoms.